The largest absolute Gasteiger partial charge is 0.490 e. The highest BCUT2D eigenvalue weighted by atomic mass is 16.5. The van der Waals surface area contributed by atoms with Crippen LogP contribution in [-0.2, 0) is 0 Å². The van der Waals surface area contributed by atoms with Crippen LogP contribution in [0.4, 0.5) is 0 Å². The van der Waals surface area contributed by atoms with Crippen LogP contribution in [-0.4, -0.2) is 18.9 Å². The molecule has 1 aliphatic heterocycles. The minimum absolute atomic E-state index is 0.392. The van der Waals surface area contributed by atoms with Gasteiger partial charge in [-0.05, 0) is 26.7 Å². The van der Waals surface area contributed by atoms with Crippen LogP contribution in [0, 0.1) is 0 Å². The Hall–Kier alpha value is -1.58. The monoisotopic (exact) mass is 402 g/mol. The molecule has 0 amide bonds. The Morgan fingerprint density at radius 1 is 0.621 bits per heavy atom. The zero-order valence-electron chi connectivity index (χ0n) is 19.3. The molecule has 4 nitrogen and oxygen atoms in total. The first-order valence-electron chi connectivity index (χ1n) is 11.9. The molecular formula is C25H42N2O2. The predicted octanol–water partition coefficient (Wildman–Crippen LogP) is 6.15. The van der Waals surface area contributed by atoms with Gasteiger partial charge in [0.25, 0.3) is 0 Å². The summed E-state index contributed by atoms with van der Waals surface area (Å²) in [5, 5.41) is 1.83. The zero-order valence-corrected chi connectivity index (χ0v) is 19.3. The van der Waals surface area contributed by atoms with Crippen LogP contribution in [0.2, 0.25) is 0 Å². The molecule has 164 valence electrons. The van der Waals surface area contributed by atoms with E-state index in [0.29, 0.717) is 0 Å². The van der Waals surface area contributed by atoms with Gasteiger partial charge in [-0.15, -0.1) is 0 Å². The summed E-state index contributed by atoms with van der Waals surface area (Å²) in [6.45, 7) is 10.0. The molecule has 4 heteroatoms. The number of ether oxygens (including phenoxy) is 2. The summed E-state index contributed by atoms with van der Waals surface area (Å²) in [6.07, 6.45) is 15.1. The highest BCUT2D eigenvalue weighted by molar-refractivity contribution is 5.39. The molecule has 0 bridgehead atoms. The smallest absolute Gasteiger partial charge is 0.163 e. The van der Waals surface area contributed by atoms with Crippen LogP contribution in [0.5, 0.6) is 11.5 Å². The fraction of sp³-hybridized carbons (Fsp3) is 0.760. The maximum Gasteiger partial charge on any atom is 0.163 e. The number of fused-ring (bicyclic) bond motifs is 1. The number of benzene rings is 1. The number of unbranched alkanes of at least 4 members (excludes halogenated alkanes) is 10. The molecule has 0 saturated heterocycles. The van der Waals surface area contributed by atoms with E-state index in [0.717, 1.165) is 48.3 Å². The molecule has 0 N–H and O–H groups in total. The lowest BCUT2D eigenvalue weighted by Gasteiger charge is -2.12. The Morgan fingerprint density at radius 2 is 1.00 bits per heavy atom. The third kappa shape index (κ3) is 8.76. The van der Waals surface area contributed by atoms with Gasteiger partial charge in [0, 0.05) is 12.1 Å². The normalized spacial score (nSPS) is 14.2. The molecule has 1 aromatic rings. The van der Waals surface area contributed by atoms with Gasteiger partial charge in [0.15, 0.2) is 11.5 Å². The van der Waals surface area contributed by atoms with Crippen molar-refractivity contribution in [3.63, 3.8) is 0 Å². The molecule has 0 fully saturated rings. The van der Waals surface area contributed by atoms with Gasteiger partial charge in [0.2, 0.25) is 0 Å². The van der Waals surface area contributed by atoms with Crippen LogP contribution < -0.4 is 20.2 Å². The number of hydrogen-bond donors (Lipinski definition) is 0. The second-order valence-corrected chi connectivity index (χ2v) is 8.74. The maximum absolute atomic E-state index is 6.12. The number of hydrogen-bond acceptors (Lipinski definition) is 4. The highest BCUT2D eigenvalue weighted by Crippen LogP contribution is 2.26. The Balaban J connectivity index is 1.89. The van der Waals surface area contributed by atoms with Crippen molar-refractivity contribution in [2.24, 2.45) is 9.98 Å². The molecule has 29 heavy (non-hydrogen) atoms. The Labute approximate surface area is 177 Å². The van der Waals surface area contributed by atoms with Crippen molar-refractivity contribution in [2.45, 2.75) is 110 Å². The van der Waals surface area contributed by atoms with Crippen molar-refractivity contribution in [2.75, 3.05) is 13.2 Å². The number of nitrogens with zero attached hydrogens (tertiary/aromatic N) is 2. The molecule has 0 aliphatic carbocycles. The van der Waals surface area contributed by atoms with E-state index in [9.17, 15) is 0 Å². The molecule has 0 spiro atoms. The van der Waals surface area contributed by atoms with Gasteiger partial charge in [-0.3, -0.25) is 9.98 Å². The first-order valence-corrected chi connectivity index (χ1v) is 11.9. The standard InChI is InChI=1S/C25H42N2O2/c1-5-7-9-11-13-15-17-28-23-19-21-22(27-25(3,4)26-21)20-24(23)29-18-16-14-12-10-8-6-2/h19-20H,5-18H2,1-4H3. The summed E-state index contributed by atoms with van der Waals surface area (Å²) < 4.78 is 12.2. The predicted molar refractivity (Wildman–Crippen MR) is 121 cm³/mol. The van der Waals surface area contributed by atoms with Crippen molar-refractivity contribution in [3.8, 4) is 11.5 Å². The Morgan fingerprint density at radius 3 is 1.41 bits per heavy atom. The molecule has 1 aliphatic rings. The summed E-state index contributed by atoms with van der Waals surface area (Å²) in [4.78, 5) is 9.40. The van der Waals surface area contributed by atoms with Crippen LogP contribution in [0.15, 0.2) is 22.1 Å². The average molecular weight is 403 g/mol. The fourth-order valence-corrected chi connectivity index (χ4v) is 3.69. The average Bonchev–Trinajstić information content (AvgIpc) is 2.99. The molecule has 0 saturated carbocycles. The SMILES string of the molecule is CCCCCCCCOc1cc2c(cc1OCCCCCCCC)=NC(C)(C)N=2. The van der Waals surface area contributed by atoms with Crippen molar-refractivity contribution < 1.29 is 9.47 Å². The lowest BCUT2D eigenvalue weighted by Crippen LogP contribution is -2.22. The first kappa shape index (κ1) is 23.7. The summed E-state index contributed by atoms with van der Waals surface area (Å²) in [5.41, 5.74) is -0.392. The quantitative estimate of drug-likeness (QED) is 0.311. The zero-order chi connectivity index (χ0) is 21.0. The summed E-state index contributed by atoms with van der Waals surface area (Å²) in [7, 11) is 0. The van der Waals surface area contributed by atoms with Gasteiger partial charge in [0.05, 0.1) is 23.9 Å². The highest BCUT2D eigenvalue weighted by Gasteiger charge is 2.20. The van der Waals surface area contributed by atoms with Crippen LogP contribution in [0.1, 0.15) is 105 Å². The van der Waals surface area contributed by atoms with Crippen LogP contribution in [0.3, 0.4) is 0 Å². The number of rotatable bonds is 16. The van der Waals surface area contributed by atoms with Gasteiger partial charge in [0.1, 0.15) is 5.66 Å². The second-order valence-electron chi connectivity index (χ2n) is 8.74. The molecule has 2 rings (SSSR count). The third-order valence-electron chi connectivity index (χ3n) is 5.34. The van der Waals surface area contributed by atoms with E-state index in [2.05, 4.69) is 13.8 Å². The van der Waals surface area contributed by atoms with E-state index in [4.69, 9.17) is 19.5 Å². The van der Waals surface area contributed by atoms with Crippen molar-refractivity contribution in [1.82, 2.24) is 0 Å². The van der Waals surface area contributed by atoms with E-state index in [-0.39, 0.29) is 0 Å². The van der Waals surface area contributed by atoms with Gasteiger partial charge < -0.3 is 9.47 Å². The van der Waals surface area contributed by atoms with Crippen molar-refractivity contribution in [1.29, 1.82) is 0 Å². The van der Waals surface area contributed by atoms with Crippen LogP contribution >= 0.6 is 0 Å². The van der Waals surface area contributed by atoms with E-state index >= 15 is 0 Å². The van der Waals surface area contributed by atoms with Crippen molar-refractivity contribution in [3.05, 3.63) is 22.8 Å². The summed E-state index contributed by atoms with van der Waals surface area (Å²) in [6, 6.07) is 4.03. The van der Waals surface area contributed by atoms with Gasteiger partial charge in [-0.1, -0.05) is 78.1 Å². The Kier molecular flexibility index (Phi) is 10.5. The topological polar surface area (TPSA) is 43.2 Å². The molecule has 0 atom stereocenters. The van der Waals surface area contributed by atoms with Gasteiger partial charge in [-0.2, -0.15) is 0 Å². The van der Waals surface area contributed by atoms with E-state index in [1.54, 1.807) is 0 Å². The minimum Gasteiger partial charge on any atom is -0.490 e. The van der Waals surface area contributed by atoms with Gasteiger partial charge >= 0.3 is 0 Å². The fourth-order valence-electron chi connectivity index (χ4n) is 3.69. The van der Waals surface area contributed by atoms with E-state index in [1.165, 1.54) is 64.2 Å². The first-order chi connectivity index (χ1) is 14.1. The minimum atomic E-state index is -0.392. The maximum atomic E-state index is 6.12. The molecule has 0 unspecified atom stereocenters. The van der Waals surface area contributed by atoms with E-state index in [1.807, 2.05) is 26.0 Å². The summed E-state index contributed by atoms with van der Waals surface area (Å²) >= 11 is 0. The van der Waals surface area contributed by atoms with Crippen LogP contribution in [0.25, 0.3) is 0 Å². The molecule has 0 aromatic heterocycles. The molecule has 0 radical (unpaired) electrons. The Bertz CT molecular complexity index is 653. The van der Waals surface area contributed by atoms with Crippen molar-refractivity contribution >= 4 is 0 Å². The molecule has 1 aromatic carbocycles. The molecule has 1 heterocycles. The second kappa shape index (κ2) is 12.9. The summed E-state index contributed by atoms with van der Waals surface area (Å²) in [5.74, 6) is 1.64. The van der Waals surface area contributed by atoms with E-state index < -0.39 is 5.66 Å². The lowest BCUT2D eigenvalue weighted by molar-refractivity contribution is 0.258. The lowest BCUT2D eigenvalue weighted by atomic mass is 10.1. The third-order valence-corrected chi connectivity index (χ3v) is 5.34. The molecular weight excluding hydrogens is 360 g/mol. The van der Waals surface area contributed by atoms with Gasteiger partial charge in [-0.25, -0.2) is 0 Å².